The van der Waals surface area contributed by atoms with Crippen molar-refractivity contribution in [2.24, 2.45) is 0 Å². The van der Waals surface area contributed by atoms with Gasteiger partial charge >= 0.3 is 5.97 Å². The SMILES string of the molecule is Cc1ccc(N(CC(=O)O)Cc2c(C)noc2C)cc1. The Balaban J connectivity index is 2.28. The van der Waals surface area contributed by atoms with Crippen LogP contribution >= 0.6 is 0 Å². The standard InChI is InChI=1S/C15H18N2O3/c1-10-4-6-13(7-5-10)17(9-15(18)19)8-14-11(2)16-20-12(14)3/h4-7H,8-9H2,1-3H3,(H,18,19). The number of aromatic nitrogens is 1. The number of rotatable bonds is 5. The number of hydrogen-bond donors (Lipinski definition) is 1. The van der Waals surface area contributed by atoms with Gasteiger partial charge in [0.1, 0.15) is 12.3 Å². The minimum absolute atomic E-state index is 0.0624. The zero-order chi connectivity index (χ0) is 14.7. The van der Waals surface area contributed by atoms with Crippen molar-refractivity contribution in [1.82, 2.24) is 5.16 Å². The summed E-state index contributed by atoms with van der Waals surface area (Å²) in [4.78, 5) is 12.9. The number of carboxylic acids is 1. The lowest BCUT2D eigenvalue weighted by molar-refractivity contribution is -0.135. The number of aliphatic carboxylic acids is 1. The number of hydrogen-bond acceptors (Lipinski definition) is 4. The molecule has 2 rings (SSSR count). The molecular weight excluding hydrogens is 256 g/mol. The van der Waals surface area contributed by atoms with Crippen molar-refractivity contribution < 1.29 is 14.4 Å². The van der Waals surface area contributed by atoms with E-state index in [9.17, 15) is 4.79 Å². The molecule has 0 amide bonds. The Morgan fingerprint density at radius 1 is 1.25 bits per heavy atom. The van der Waals surface area contributed by atoms with Crippen molar-refractivity contribution in [1.29, 1.82) is 0 Å². The van der Waals surface area contributed by atoms with Gasteiger partial charge in [0.15, 0.2) is 0 Å². The summed E-state index contributed by atoms with van der Waals surface area (Å²) in [5.41, 5.74) is 3.75. The predicted molar refractivity (Wildman–Crippen MR) is 75.8 cm³/mol. The maximum Gasteiger partial charge on any atom is 0.323 e. The number of carboxylic acid groups (broad SMARTS) is 1. The van der Waals surface area contributed by atoms with Gasteiger partial charge in [-0.1, -0.05) is 22.9 Å². The van der Waals surface area contributed by atoms with Gasteiger partial charge in [-0.3, -0.25) is 4.79 Å². The lowest BCUT2D eigenvalue weighted by atomic mass is 10.1. The molecule has 0 aliphatic carbocycles. The van der Waals surface area contributed by atoms with Crippen molar-refractivity contribution in [3.63, 3.8) is 0 Å². The molecule has 0 saturated carbocycles. The molecule has 0 fully saturated rings. The highest BCUT2D eigenvalue weighted by Crippen LogP contribution is 2.21. The molecule has 5 nitrogen and oxygen atoms in total. The van der Waals surface area contributed by atoms with Gasteiger partial charge in [-0.2, -0.15) is 0 Å². The van der Waals surface area contributed by atoms with Crippen molar-refractivity contribution in [3.8, 4) is 0 Å². The Bertz CT molecular complexity index is 583. The predicted octanol–water partition coefficient (Wildman–Crippen LogP) is 2.69. The van der Waals surface area contributed by atoms with E-state index in [0.717, 1.165) is 28.3 Å². The average molecular weight is 274 g/mol. The quantitative estimate of drug-likeness (QED) is 0.908. The summed E-state index contributed by atoms with van der Waals surface area (Å²) in [6, 6.07) is 7.79. The number of aryl methyl sites for hydroxylation is 3. The monoisotopic (exact) mass is 274 g/mol. The van der Waals surface area contributed by atoms with E-state index in [2.05, 4.69) is 5.16 Å². The number of nitrogens with zero attached hydrogens (tertiary/aromatic N) is 2. The minimum atomic E-state index is -0.864. The summed E-state index contributed by atoms with van der Waals surface area (Å²) in [6.07, 6.45) is 0. The third-order valence-electron chi connectivity index (χ3n) is 3.26. The zero-order valence-corrected chi connectivity index (χ0v) is 11.9. The fourth-order valence-electron chi connectivity index (χ4n) is 2.08. The van der Waals surface area contributed by atoms with Crippen LogP contribution in [0.25, 0.3) is 0 Å². The normalized spacial score (nSPS) is 10.6. The lowest BCUT2D eigenvalue weighted by Gasteiger charge is -2.23. The van der Waals surface area contributed by atoms with Crippen LogP contribution in [0.15, 0.2) is 28.8 Å². The molecule has 0 radical (unpaired) electrons. The van der Waals surface area contributed by atoms with Crippen LogP contribution in [0.2, 0.25) is 0 Å². The highest BCUT2D eigenvalue weighted by Gasteiger charge is 2.16. The summed E-state index contributed by atoms with van der Waals surface area (Å²) in [7, 11) is 0. The van der Waals surface area contributed by atoms with Gasteiger partial charge in [0.05, 0.1) is 5.69 Å². The molecule has 106 valence electrons. The molecule has 0 aliphatic heterocycles. The summed E-state index contributed by atoms with van der Waals surface area (Å²) < 4.78 is 5.13. The first-order chi connectivity index (χ1) is 9.47. The fourth-order valence-corrected chi connectivity index (χ4v) is 2.08. The maximum atomic E-state index is 11.1. The zero-order valence-electron chi connectivity index (χ0n) is 11.9. The summed E-state index contributed by atoms with van der Waals surface area (Å²) in [6.45, 7) is 6.10. The van der Waals surface area contributed by atoms with Gasteiger partial charge in [-0.15, -0.1) is 0 Å². The van der Waals surface area contributed by atoms with E-state index in [1.165, 1.54) is 0 Å². The smallest absolute Gasteiger partial charge is 0.323 e. The second-order valence-corrected chi connectivity index (χ2v) is 4.89. The van der Waals surface area contributed by atoms with E-state index in [4.69, 9.17) is 9.63 Å². The molecule has 1 aromatic carbocycles. The Kier molecular flexibility index (Phi) is 4.08. The maximum absolute atomic E-state index is 11.1. The van der Waals surface area contributed by atoms with E-state index in [0.29, 0.717) is 6.54 Å². The molecule has 0 atom stereocenters. The first-order valence-electron chi connectivity index (χ1n) is 6.42. The van der Waals surface area contributed by atoms with E-state index in [1.807, 2.05) is 45.0 Å². The largest absolute Gasteiger partial charge is 0.480 e. The highest BCUT2D eigenvalue weighted by atomic mass is 16.5. The topological polar surface area (TPSA) is 66.6 Å². The van der Waals surface area contributed by atoms with Crippen LogP contribution in [0.4, 0.5) is 5.69 Å². The molecule has 0 aliphatic rings. The molecule has 5 heteroatoms. The van der Waals surface area contributed by atoms with Crippen LogP contribution in [0, 0.1) is 20.8 Å². The lowest BCUT2D eigenvalue weighted by Crippen LogP contribution is -2.29. The van der Waals surface area contributed by atoms with Crippen LogP contribution in [-0.4, -0.2) is 22.8 Å². The van der Waals surface area contributed by atoms with Crippen molar-refractivity contribution in [2.75, 3.05) is 11.4 Å². The van der Waals surface area contributed by atoms with E-state index < -0.39 is 5.97 Å². The summed E-state index contributed by atoms with van der Waals surface area (Å²) in [5, 5.41) is 13.0. The molecule has 2 aromatic rings. The Morgan fingerprint density at radius 3 is 2.40 bits per heavy atom. The molecule has 0 saturated heterocycles. The van der Waals surface area contributed by atoms with Crippen LogP contribution in [0.1, 0.15) is 22.6 Å². The molecular formula is C15H18N2O3. The van der Waals surface area contributed by atoms with Gasteiger partial charge in [0, 0.05) is 17.8 Å². The minimum Gasteiger partial charge on any atom is -0.480 e. The molecule has 1 N–H and O–H groups in total. The fraction of sp³-hybridized carbons (Fsp3) is 0.333. The molecule has 0 unspecified atom stereocenters. The first kappa shape index (κ1) is 14.1. The van der Waals surface area contributed by atoms with Gasteiger partial charge in [-0.05, 0) is 32.9 Å². The Morgan fingerprint density at radius 2 is 1.90 bits per heavy atom. The van der Waals surface area contributed by atoms with Crippen LogP contribution in [0.3, 0.4) is 0 Å². The van der Waals surface area contributed by atoms with E-state index in [1.54, 1.807) is 4.90 Å². The van der Waals surface area contributed by atoms with Crippen LogP contribution in [-0.2, 0) is 11.3 Å². The number of anilines is 1. The van der Waals surface area contributed by atoms with Crippen LogP contribution < -0.4 is 4.90 Å². The number of benzene rings is 1. The van der Waals surface area contributed by atoms with Crippen molar-refractivity contribution in [2.45, 2.75) is 27.3 Å². The Hall–Kier alpha value is -2.30. The Labute approximate surface area is 117 Å². The van der Waals surface area contributed by atoms with Gasteiger partial charge in [0.2, 0.25) is 0 Å². The molecule has 1 heterocycles. The van der Waals surface area contributed by atoms with Crippen molar-refractivity contribution >= 4 is 11.7 Å². The third-order valence-corrected chi connectivity index (χ3v) is 3.26. The van der Waals surface area contributed by atoms with Crippen molar-refractivity contribution in [3.05, 3.63) is 46.8 Å². The summed E-state index contributed by atoms with van der Waals surface area (Å²) in [5.74, 6) is -0.137. The second kappa shape index (κ2) is 5.77. The molecule has 1 aromatic heterocycles. The number of carbonyl (C=O) groups is 1. The van der Waals surface area contributed by atoms with Gasteiger partial charge in [-0.25, -0.2) is 0 Å². The van der Waals surface area contributed by atoms with E-state index in [-0.39, 0.29) is 6.54 Å². The third kappa shape index (κ3) is 3.17. The van der Waals surface area contributed by atoms with Gasteiger partial charge in [0.25, 0.3) is 0 Å². The molecule has 0 bridgehead atoms. The van der Waals surface area contributed by atoms with Gasteiger partial charge < -0.3 is 14.5 Å². The molecule has 20 heavy (non-hydrogen) atoms. The second-order valence-electron chi connectivity index (χ2n) is 4.89. The summed E-state index contributed by atoms with van der Waals surface area (Å²) >= 11 is 0. The van der Waals surface area contributed by atoms with Crippen LogP contribution in [0.5, 0.6) is 0 Å². The molecule has 0 spiro atoms. The first-order valence-corrected chi connectivity index (χ1v) is 6.42. The highest BCUT2D eigenvalue weighted by molar-refractivity contribution is 5.73. The van der Waals surface area contributed by atoms with E-state index >= 15 is 0 Å². The average Bonchev–Trinajstić information content (AvgIpc) is 2.70.